The maximum absolute atomic E-state index is 5.44. The molecular weight excluding hydrogens is 186 g/mol. The zero-order chi connectivity index (χ0) is 9.10. The molecule has 0 aromatic carbocycles. The molecular formula is C9H6ClN3. The van der Waals surface area contributed by atoms with Crippen LogP contribution in [0.15, 0.2) is 18.5 Å². The number of alkyl halides is 1. The number of nitrogens with zero attached hydrogens (tertiary/aromatic N) is 2. The Labute approximate surface area is 80.1 Å². The van der Waals surface area contributed by atoms with E-state index in [4.69, 9.17) is 11.6 Å². The van der Waals surface area contributed by atoms with Crippen molar-refractivity contribution in [1.29, 1.82) is 0 Å². The summed E-state index contributed by atoms with van der Waals surface area (Å²) in [5.41, 5.74) is 1.63. The van der Waals surface area contributed by atoms with Gasteiger partial charge in [-0.1, -0.05) is 11.8 Å². The molecule has 0 bridgehead atoms. The Morgan fingerprint density at radius 1 is 1.46 bits per heavy atom. The lowest BCUT2D eigenvalue weighted by molar-refractivity contribution is 1.10. The van der Waals surface area contributed by atoms with Crippen LogP contribution in [0.3, 0.4) is 0 Å². The summed E-state index contributed by atoms with van der Waals surface area (Å²) in [4.78, 5) is 4.13. The monoisotopic (exact) mass is 191 g/mol. The highest BCUT2D eigenvalue weighted by atomic mass is 35.5. The summed E-state index contributed by atoms with van der Waals surface area (Å²) in [6.45, 7) is 0. The van der Waals surface area contributed by atoms with Gasteiger partial charge in [0, 0.05) is 17.1 Å². The average Bonchev–Trinajstić information content (AvgIpc) is 2.61. The molecule has 4 heteroatoms. The van der Waals surface area contributed by atoms with E-state index in [-0.39, 0.29) is 0 Å². The third-order valence-corrected chi connectivity index (χ3v) is 1.72. The van der Waals surface area contributed by atoms with Crippen LogP contribution < -0.4 is 0 Å². The predicted octanol–water partition coefficient (Wildman–Crippen LogP) is 1.55. The van der Waals surface area contributed by atoms with Crippen molar-refractivity contribution in [2.75, 3.05) is 5.88 Å². The molecule has 0 radical (unpaired) electrons. The molecule has 64 valence electrons. The highest BCUT2D eigenvalue weighted by Gasteiger charge is 1.95. The summed E-state index contributed by atoms with van der Waals surface area (Å²) in [5, 5.41) is 7.59. The lowest BCUT2D eigenvalue weighted by atomic mass is 10.2. The van der Waals surface area contributed by atoms with Crippen LogP contribution >= 0.6 is 11.6 Å². The summed E-state index contributed by atoms with van der Waals surface area (Å²) in [5.74, 6) is 5.99. The van der Waals surface area contributed by atoms with Crippen molar-refractivity contribution in [3.8, 4) is 11.8 Å². The predicted molar refractivity (Wildman–Crippen MR) is 51.5 cm³/mol. The zero-order valence-electron chi connectivity index (χ0n) is 6.71. The first-order chi connectivity index (χ1) is 6.40. The first-order valence-corrected chi connectivity index (χ1v) is 4.27. The van der Waals surface area contributed by atoms with Crippen molar-refractivity contribution in [3.05, 3.63) is 24.0 Å². The van der Waals surface area contributed by atoms with Crippen LogP contribution in [0.25, 0.3) is 11.0 Å². The molecule has 0 saturated carbocycles. The lowest BCUT2D eigenvalue weighted by Gasteiger charge is -1.88. The summed E-state index contributed by atoms with van der Waals surface area (Å²) in [6.07, 6.45) is 3.41. The Balaban J connectivity index is 2.48. The van der Waals surface area contributed by atoms with Gasteiger partial charge in [0.2, 0.25) is 0 Å². The first-order valence-electron chi connectivity index (χ1n) is 3.74. The molecule has 2 aromatic heterocycles. The van der Waals surface area contributed by atoms with Crippen molar-refractivity contribution in [2.45, 2.75) is 0 Å². The number of fused-ring (bicyclic) bond motifs is 1. The summed E-state index contributed by atoms with van der Waals surface area (Å²) in [7, 11) is 0. The Hall–Kier alpha value is -1.53. The minimum absolute atomic E-state index is 0.337. The van der Waals surface area contributed by atoms with Crippen molar-refractivity contribution >= 4 is 22.6 Å². The normalized spacial score (nSPS) is 9.62. The minimum Gasteiger partial charge on any atom is -0.261 e. The molecule has 2 rings (SSSR count). The molecule has 0 aliphatic heterocycles. The Kier molecular flexibility index (Phi) is 2.15. The van der Waals surface area contributed by atoms with E-state index in [2.05, 4.69) is 27.0 Å². The van der Waals surface area contributed by atoms with E-state index in [0.717, 1.165) is 16.6 Å². The van der Waals surface area contributed by atoms with E-state index >= 15 is 0 Å². The second kappa shape index (κ2) is 3.46. The van der Waals surface area contributed by atoms with Gasteiger partial charge in [0.05, 0.1) is 12.1 Å². The van der Waals surface area contributed by atoms with Crippen LogP contribution in [0.2, 0.25) is 0 Å². The fourth-order valence-corrected chi connectivity index (χ4v) is 1.11. The molecule has 13 heavy (non-hydrogen) atoms. The highest BCUT2D eigenvalue weighted by Crippen LogP contribution is 2.08. The van der Waals surface area contributed by atoms with Gasteiger partial charge in [-0.2, -0.15) is 5.10 Å². The molecule has 0 aliphatic carbocycles. The topological polar surface area (TPSA) is 41.6 Å². The van der Waals surface area contributed by atoms with E-state index < -0.39 is 0 Å². The number of H-pyrrole nitrogens is 1. The second-order valence-corrected chi connectivity index (χ2v) is 2.73. The Morgan fingerprint density at radius 2 is 2.38 bits per heavy atom. The van der Waals surface area contributed by atoms with E-state index in [1.54, 1.807) is 12.4 Å². The van der Waals surface area contributed by atoms with Gasteiger partial charge >= 0.3 is 0 Å². The quantitative estimate of drug-likeness (QED) is 0.507. The van der Waals surface area contributed by atoms with Gasteiger partial charge < -0.3 is 0 Å². The molecule has 0 unspecified atom stereocenters. The summed E-state index contributed by atoms with van der Waals surface area (Å²) < 4.78 is 0. The number of halogens is 1. The van der Waals surface area contributed by atoms with Gasteiger partial charge in [-0.15, -0.1) is 11.6 Å². The number of nitrogens with one attached hydrogen (secondary N) is 1. The lowest BCUT2D eigenvalue weighted by Crippen LogP contribution is -1.79. The molecule has 2 heterocycles. The number of aromatic amines is 1. The van der Waals surface area contributed by atoms with Gasteiger partial charge in [-0.25, -0.2) is 4.98 Å². The van der Waals surface area contributed by atoms with Crippen LogP contribution in [0, 0.1) is 11.8 Å². The first kappa shape index (κ1) is 8.09. The largest absolute Gasteiger partial charge is 0.261 e. The van der Waals surface area contributed by atoms with Crippen molar-refractivity contribution in [2.24, 2.45) is 0 Å². The maximum Gasteiger partial charge on any atom is 0.155 e. The second-order valence-electron chi connectivity index (χ2n) is 2.47. The number of hydrogen-bond acceptors (Lipinski definition) is 2. The standard InChI is InChI=1S/C9H6ClN3/c10-3-1-2-7-4-8-6-12-13-9(8)11-5-7/h4-6H,3H2,(H,11,12,13). The molecule has 0 amide bonds. The molecule has 0 fully saturated rings. The minimum atomic E-state index is 0.337. The SMILES string of the molecule is ClCC#Cc1cnc2[nH]ncc2c1. The van der Waals surface area contributed by atoms with Crippen LogP contribution in [0.1, 0.15) is 5.56 Å². The number of pyridine rings is 1. The third-order valence-electron chi connectivity index (χ3n) is 1.59. The van der Waals surface area contributed by atoms with Crippen molar-refractivity contribution in [3.63, 3.8) is 0 Å². The number of hydrogen-bond donors (Lipinski definition) is 1. The molecule has 0 atom stereocenters. The van der Waals surface area contributed by atoms with Gasteiger partial charge in [-0.05, 0) is 6.07 Å². The number of aromatic nitrogens is 3. The fourth-order valence-electron chi connectivity index (χ4n) is 1.04. The number of rotatable bonds is 0. The van der Waals surface area contributed by atoms with Crippen LogP contribution in [-0.4, -0.2) is 21.1 Å². The van der Waals surface area contributed by atoms with Crippen LogP contribution in [0.4, 0.5) is 0 Å². The smallest absolute Gasteiger partial charge is 0.155 e. The van der Waals surface area contributed by atoms with E-state index in [1.807, 2.05) is 6.07 Å². The summed E-state index contributed by atoms with van der Waals surface area (Å²) in [6, 6.07) is 1.92. The van der Waals surface area contributed by atoms with Gasteiger partial charge in [0.25, 0.3) is 0 Å². The van der Waals surface area contributed by atoms with Gasteiger partial charge in [-0.3, -0.25) is 5.10 Å². The van der Waals surface area contributed by atoms with Gasteiger partial charge in [0.1, 0.15) is 0 Å². The molecule has 0 spiro atoms. The molecule has 2 aromatic rings. The molecule has 1 N–H and O–H groups in total. The molecule has 0 saturated heterocycles. The van der Waals surface area contributed by atoms with Crippen molar-refractivity contribution < 1.29 is 0 Å². The van der Waals surface area contributed by atoms with Gasteiger partial charge in [0.15, 0.2) is 5.65 Å². The Bertz CT molecular complexity index is 478. The average molecular weight is 192 g/mol. The van der Waals surface area contributed by atoms with E-state index in [1.165, 1.54) is 0 Å². The third kappa shape index (κ3) is 1.63. The Morgan fingerprint density at radius 3 is 3.23 bits per heavy atom. The van der Waals surface area contributed by atoms with E-state index in [0.29, 0.717) is 5.88 Å². The fraction of sp³-hybridized carbons (Fsp3) is 0.111. The summed E-state index contributed by atoms with van der Waals surface area (Å²) >= 11 is 5.44. The highest BCUT2D eigenvalue weighted by molar-refractivity contribution is 6.19. The van der Waals surface area contributed by atoms with Crippen LogP contribution in [0.5, 0.6) is 0 Å². The molecule has 0 aliphatic rings. The van der Waals surface area contributed by atoms with E-state index in [9.17, 15) is 0 Å². The zero-order valence-corrected chi connectivity index (χ0v) is 7.47. The van der Waals surface area contributed by atoms with Crippen molar-refractivity contribution in [1.82, 2.24) is 15.2 Å². The van der Waals surface area contributed by atoms with Crippen LogP contribution in [-0.2, 0) is 0 Å². The molecule has 3 nitrogen and oxygen atoms in total. The maximum atomic E-state index is 5.44.